The number of hydrogen-bond acceptors (Lipinski definition) is 4. The molecule has 0 saturated carbocycles. The minimum absolute atomic E-state index is 0.0449. The van der Waals surface area contributed by atoms with Crippen molar-refractivity contribution in [3.05, 3.63) is 29.8 Å². The van der Waals surface area contributed by atoms with Crippen molar-refractivity contribution in [3.63, 3.8) is 0 Å². The molecule has 3 rings (SSSR count). The molecule has 2 heterocycles. The zero-order valence-electron chi connectivity index (χ0n) is 14.2. The summed E-state index contributed by atoms with van der Waals surface area (Å²) in [5.41, 5.74) is 0.842. The summed E-state index contributed by atoms with van der Waals surface area (Å²) in [5.74, 6) is -0.194. The minimum atomic E-state index is -0.387. The van der Waals surface area contributed by atoms with Crippen molar-refractivity contribution in [2.24, 2.45) is 0 Å². The number of benzene rings is 1. The summed E-state index contributed by atoms with van der Waals surface area (Å²) in [4.78, 5) is 26.8. The third kappa shape index (κ3) is 3.60. The van der Waals surface area contributed by atoms with E-state index in [4.69, 9.17) is 9.47 Å². The van der Waals surface area contributed by atoms with Crippen LogP contribution in [0.5, 0.6) is 0 Å². The van der Waals surface area contributed by atoms with Crippen molar-refractivity contribution >= 4 is 17.5 Å². The van der Waals surface area contributed by atoms with Crippen LogP contribution in [-0.2, 0) is 14.3 Å². The SMILES string of the molecule is CC1(C)COCCN1C(=O)c1cccc(NC(=O)C2CCCO2)c1. The quantitative estimate of drug-likeness (QED) is 0.920. The third-order valence-corrected chi connectivity index (χ3v) is 4.49. The molecule has 1 unspecified atom stereocenters. The summed E-state index contributed by atoms with van der Waals surface area (Å²) in [7, 11) is 0. The van der Waals surface area contributed by atoms with E-state index < -0.39 is 0 Å². The number of morpholine rings is 1. The van der Waals surface area contributed by atoms with Gasteiger partial charge in [-0.25, -0.2) is 0 Å². The average Bonchev–Trinajstić information content (AvgIpc) is 3.09. The van der Waals surface area contributed by atoms with Gasteiger partial charge in [0.25, 0.3) is 11.8 Å². The zero-order valence-corrected chi connectivity index (χ0v) is 14.2. The van der Waals surface area contributed by atoms with Gasteiger partial charge in [0.05, 0.1) is 18.8 Å². The van der Waals surface area contributed by atoms with Gasteiger partial charge in [0.15, 0.2) is 0 Å². The molecule has 1 aromatic carbocycles. The molecule has 0 spiro atoms. The van der Waals surface area contributed by atoms with Crippen molar-refractivity contribution < 1.29 is 19.1 Å². The molecule has 6 nitrogen and oxygen atoms in total. The number of carbonyl (C=O) groups excluding carboxylic acids is 2. The highest BCUT2D eigenvalue weighted by molar-refractivity contribution is 5.98. The first-order valence-electron chi connectivity index (χ1n) is 8.40. The smallest absolute Gasteiger partial charge is 0.254 e. The molecule has 0 bridgehead atoms. The summed E-state index contributed by atoms with van der Waals surface area (Å²) >= 11 is 0. The van der Waals surface area contributed by atoms with E-state index in [0.29, 0.717) is 37.6 Å². The molecule has 2 aliphatic heterocycles. The fraction of sp³-hybridized carbons (Fsp3) is 0.556. The lowest BCUT2D eigenvalue weighted by molar-refractivity contribution is -0.124. The molecule has 2 amide bonds. The second kappa shape index (κ2) is 6.91. The lowest BCUT2D eigenvalue weighted by Crippen LogP contribution is -2.55. The normalized spacial score (nSPS) is 23.1. The van der Waals surface area contributed by atoms with Gasteiger partial charge in [-0.2, -0.15) is 0 Å². The summed E-state index contributed by atoms with van der Waals surface area (Å²) < 4.78 is 10.9. The molecule has 2 fully saturated rings. The van der Waals surface area contributed by atoms with Gasteiger partial charge in [-0.1, -0.05) is 6.07 Å². The Hall–Kier alpha value is -1.92. The molecule has 1 atom stereocenters. The van der Waals surface area contributed by atoms with Crippen molar-refractivity contribution in [1.82, 2.24) is 4.90 Å². The van der Waals surface area contributed by atoms with Gasteiger partial charge in [-0.15, -0.1) is 0 Å². The van der Waals surface area contributed by atoms with Crippen molar-refractivity contribution in [1.29, 1.82) is 0 Å². The van der Waals surface area contributed by atoms with E-state index in [1.807, 2.05) is 18.7 Å². The third-order valence-electron chi connectivity index (χ3n) is 4.49. The van der Waals surface area contributed by atoms with Crippen molar-refractivity contribution in [2.45, 2.75) is 38.3 Å². The Kier molecular flexibility index (Phi) is 4.87. The summed E-state index contributed by atoms with van der Waals surface area (Å²) in [6, 6.07) is 7.07. The molecule has 6 heteroatoms. The van der Waals surface area contributed by atoms with Gasteiger partial charge in [-0.05, 0) is 44.9 Å². The minimum Gasteiger partial charge on any atom is -0.377 e. The second-order valence-electron chi connectivity index (χ2n) is 6.89. The zero-order chi connectivity index (χ0) is 17.2. The van der Waals surface area contributed by atoms with Gasteiger partial charge in [0.2, 0.25) is 0 Å². The Morgan fingerprint density at radius 2 is 2.12 bits per heavy atom. The van der Waals surface area contributed by atoms with Gasteiger partial charge in [-0.3, -0.25) is 9.59 Å². The average molecular weight is 332 g/mol. The topological polar surface area (TPSA) is 67.9 Å². The highest BCUT2D eigenvalue weighted by atomic mass is 16.5. The van der Waals surface area contributed by atoms with Crippen LogP contribution in [0.15, 0.2) is 24.3 Å². The predicted octanol–water partition coefficient (Wildman–Crippen LogP) is 2.06. The second-order valence-corrected chi connectivity index (χ2v) is 6.89. The first-order valence-corrected chi connectivity index (χ1v) is 8.40. The van der Waals surface area contributed by atoms with Crippen LogP contribution in [0, 0.1) is 0 Å². The van der Waals surface area contributed by atoms with Crippen LogP contribution in [0.25, 0.3) is 0 Å². The molecular formula is C18H24N2O4. The summed E-state index contributed by atoms with van der Waals surface area (Å²) in [5, 5.41) is 2.84. The Morgan fingerprint density at radius 3 is 2.83 bits per heavy atom. The molecule has 0 aromatic heterocycles. The van der Waals surface area contributed by atoms with E-state index in [-0.39, 0.29) is 23.5 Å². The van der Waals surface area contributed by atoms with Crippen molar-refractivity contribution in [3.8, 4) is 0 Å². The largest absolute Gasteiger partial charge is 0.377 e. The highest BCUT2D eigenvalue weighted by Crippen LogP contribution is 2.23. The molecule has 0 aliphatic carbocycles. The number of hydrogen-bond donors (Lipinski definition) is 1. The maximum absolute atomic E-state index is 12.8. The molecular weight excluding hydrogens is 308 g/mol. The predicted molar refractivity (Wildman–Crippen MR) is 90.0 cm³/mol. The van der Waals surface area contributed by atoms with Gasteiger partial charge in [0, 0.05) is 24.4 Å². The first-order chi connectivity index (χ1) is 11.5. The van der Waals surface area contributed by atoms with Crippen LogP contribution in [0.2, 0.25) is 0 Å². The number of rotatable bonds is 3. The lowest BCUT2D eigenvalue weighted by Gasteiger charge is -2.42. The molecule has 2 saturated heterocycles. The molecule has 1 N–H and O–H groups in total. The van der Waals surface area contributed by atoms with E-state index in [2.05, 4.69) is 5.32 Å². The molecule has 2 aliphatic rings. The lowest BCUT2D eigenvalue weighted by atomic mass is 10.0. The van der Waals surface area contributed by atoms with E-state index in [1.54, 1.807) is 24.3 Å². The Balaban J connectivity index is 1.72. The maximum Gasteiger partial charge on any atom is 0.254 e. The number of anilines is 1. The standard InChI is InChI=1S/C18H24N2O4/c1-18(2)12-23-10-8-20(18)17(22)13-5-3-6-14(11-13)19-16(21)15-7-4-9-24-15/h3,5-6,11,15H,4,7-10,12H2,1-2H3,(H,19,21). The maximum atomic E-state index is 12.8. The van der Waals surface area contributed by atoms with Crippen LogP contribution >= 0.6 is 0 Å². The van der Waals surface area contributed by atoms with Gasteiger partial charge >= 0.3 is 0 Å². The van der Waals surface area contributed by atoms with Crippen molar-refractivity contribution in [2.75, 3.05) is 31.7 Å². The van der Waals surface area contributed by atoms with Crippen LogP contribution in [0.1, 0.15) is 37.0 Å². The van der Waals surface area contributed by atoms with E-state index in [1.165, 1.54) is 0 Å². The Labute approximate surface area is 142 Å². The fourth-order valence-electron chi connectivity index (χ4n) is 3.13. The van der Waals surface area contributed by atoms with Crippen LogP contribution in [-0.4, -0.2) is 54.7 Å². The highest BCUT2D eigenvalue weighted by Gasteiger charge is 2.34. The molecule has 24 heavy (non-hydrogen) atoms. The summed E-state index contributed by atoms with van der Waals surface area (Å²) in [6.07, 6.45) is 1.26. The molecule has 0 radical (unpaired) electrons. The Bertz CT molecular complexity index is 623. The number of amides is 2. The molecule has 130 valence electrons. The van der Waals surface area contributed by atoms with E-state index >= 15 is 0 Å². The van der Waals surface area contributed by atoms with Crippen LogP contribution < -0.4 is 5.32 Å². The van der Waals surface area contributed by atoms with Crippen LogP contribution in [0.3, 0.4) is 0 Å². The van der Waals surface area contributed by atoms with Crippen LogP contribution in [0.4, 0.5) is 5.69 Å². The van der Waals surface area contributed by atoms with Gasteiger partial charge in [0.1, 0.15) is 6.10 Å². The van der Waals surface area contributed by atoms with E-state index in [0.717, 1.165) is 12.8 Å². The fourth-order valence-corrected chi connectivity index (χ4v) is 3.13. The monoisotopic (exact) mass is 332 g/mol. The number of carbonyl (C=O) groups is 2. The summed E-state index contributed by atoms with van der Waals surface area (Å²) in [6.45, 7) is 6.25. The Morgan fingerprint density at radius 1 is 1.29 bits per heavy atom. The van der Waals surface area contributed by atoms with Gasteiger partial charge < -0.3 is 19.7 Å². The van der Waals surface area contributed by atoms with E-state index in [9.17, 15) is 9.59 Å². The first kappa shape index (κ1) is 16.9. The molecule has 1 aromatic rings. The number of nitrogens with zero attached hydrogens (tertiary/aromatic N) is 1. The number of ether oxygens (including phenoxy) is 2. The number of nitrogens with one attached hydrogen (secondary N) is 1.